The molecule has 0 saturated heterocycles. The van der Waals surface area contributed by atoms with E-state index in [9.17, 15) is 4.79 Å². The molecule has 2 N–H and O–H groups in total. The van der Waals surface area contributed by atoms with Gasteiger partial charge in [-0.15, -0.1) is 0 Å². The van der Waals surface area contributed by atoms with Crippen LogP contribution in [0.4, 0.5) is 0 Å². The molecule has 2 rings (SSSR count). The van der Waals surface area contributed by atoms with Gasteiger partial charge in [0.05, 0.1) is 5.75 Å². The minimum Gasteiger partial charge on any atom is -0.355 e. The van der Waals surface area contributed by atoms with E-state index in [2.05, 4.69) is 20.5 Å². The van der Waals surface area contributed by atoms with E-state index >= 15 is 0 Å². The summed E-state index contributed by atoms with van der Waals surface area (Å²) in [6.07, 6.45) is 2.18. The number of thioether (sulfide) groups is 1. The van der Waals surface area contributed by atoms with Crippen molar-refractivity contribution in [1.29, 1.82) is 0 Å². The SMILES string of the molecule is O=C(CSc1ncn[nH]1)NCCc1cccc(Cl)c1. The van der Waals surface area contributed by atoms with Crippen molar-refractivity contribution >= 4 is 29.3 Å². The Labute approximate surface area is 120 Å². The maximum Gasteiger partial charge on any atom is 0.230 e. The van der Waals surface area contributed by atoms with Gasteiger partial charge >= 0.3 is 0 Å². The van der Waals surface area contributed by atoms with Gasteiger partial charge in [0.15, 0.2) is 5.16 Å². The van der Waals surface area contributed by atoms with Gasteiger partial charge in [-0.25, -0.2) is 4.98 Å². The van der Waals surface area contributed by atoms with Crippen molar-refractivity contribution < 1.29 is 4.79 Å². The maximum absolute atomic E-state index is 11.6. The second-order valence-electron chi connectivity index (χ2n) is 3.81. The van der Waals surface area contributed by atoms with Crippen LogP contribution < -0.4 is 5.32 Å². The highest BCUT2D eigenvalue weighted by atomic mass is 35.5. The Balaban J connectivity index is 1.66. The molecule has 0 saturated carbocycles. The zero-order valence-electron chi connectivity index (χ0n) is 10.1. The summed E-state index contributed by atoms with van der Waals surface area (Å²) < 4.78 is 0. The Hall–Kier alpha value is -1.53. The van der Waals surface area contributed by atoms with Crippen LogP contribution >= 0.6 is 23.4 Å². The Morgan fingerprint density at radius 1 is 1.47 bits per heavy atom. The Kier molecular flexibility index (Phi) is 5.23. The topological polar surface area (TPSA) is 70.7 Å². The van der Waals surface area contributed by atoms with Crippen LogP contribution in [0.3, 0.4) is 0 Å². The summed E-state index contributed by atoms with van der Waals surface area (Å²) in [7, 11) is 0. The first-order chi connectivity index (χ1) is 9.24. The second-order valence-corrected chi connectivity index (χ2v) is 5.21. The molecule has 1 aromatic carbocycles. The molecule has 1 amide bonds. The fraction of sp³-hybridized carbons (Fsp3) is 0.250. The molecule has 0 spiro atoms. The number of nitrogens with zero attached hydrogens (tertiary/aromatic N) is 2. The van der Waals surface area contributed by atoms with Gasteiger partial charge in [-0.1, -0.05) is 35.5 Å². The number of nitrogens with one attached hydrogen (secondary N) is 2. The molecule has 19 heavy (non-hydrogen) atoms. The van der Waals surface area contributed by atoms with Crippen molar-refractivity contribution in [2.75, 3.05) is 12.3 Å². The summed E-state index contributed by atoms with van der Waals surface area (Å²) in [5.41, 5.74) is 1.11. The lowest BCUT2D eigenvalue weighted by molar-refractivity contribution is -0.118. The monoisotopic (exact) mass is 296 g/mol. The van der Waals surface area contributed by atoms with Crippen LogP contribution in [0.1, 0.15) is 5.56 Å². The standard InChI is InChI=1S/C12H13ClN4OS/c13-10-3-1-2-9(6-10)4-5-14-11(18)7-19-12-15-8-16-17-12/h1-3,6,8H,4-5,7H2,(H,14,18)(H,15,16,17). The van der Waals surface area contributed by atoms with Gasteiger partial charge in [-0.2, -0.15) is 5.10 Å². The molecular weight excluding hydrogens is 284 g/mol. The fourth-order valence-corrected chi connectivity index (χ4v) is 2.31. The zero-order chi connectivity index (χ0) is 13.5. The zero-order valence-corrected chi connectivity index (χ0v) is 11.7. The second kappa shape index (κ2) is 7.16. The van der Waals surface area contributed by atoms with Gasteiger partial charge in [0, 0.05) is 11.6 Å². The molecule has 1 heterocycles. The van der Waals surface area contributed by atoms with Crippen LogP contribution in [0.5, 0.6) is 0 Å². The molecule has 7 heteroatoms. The molecule has 0 aliphatic rings. The fourth-order valence-electron chi connectivity index (χ4n) is 1.49. The van der Waals surface area contributed by atoms with Crippen molar-refractivity contribution in [3.05, 3.63) is 41.2 Å². The van der Waals surface area contributed by atoms with Crippen molar-refractivity contribution in [3.8, 4) is 0 Å². The lowest BCUT2D eigenvalue weighted by Crippen LogP contribution is -2.27. The summed E-state index contributed by atoms with van der Waals surface area (Å²) in [6, 6.07) is 7.62. The molecule has 0 radical (unpaired) electrons. The van der Waals surface area contributed by atoms with E-state index in [4.69, 9.17) is 11.6 Å². The predicted octanol–water partition coefficient (Wildman–Crippen LogP) is 1.91. The van der Waals surface area contributed by atoms with E-state index < -0.39 is 0 Å². The van der Waals surface area contributed by atoms with E-state index in [-0.39, 0.29) is 5.91 Å². The molecule has 0 aliphatic heterocycles. The predicted molar refractivity (Wildman–Crippen MR) is 75.3 cm³/mol. The molecule has 1 aromatic heterocycles. The summed E-state index contributed by atoms with van der Waals surface area (Å²) in [6.45, 7) is 0.593. The first-order valence-electron chi connectivity index (χ1n) is 5.73. The van der Waals surface area contributed by atoms with Crippen LogP contribution in [-0.4, -0.2) is 33.4 Å². The largest absolute Gasteiger partial charge is 0.355 e. The van der Waals surface area contributed by atoms with Gasteiger partial charge in [-0.3, -0.25) is 9.89 Å². The van der Waals surface area contributed by atoms with E-state index in [0.717, 1.165) is 12.0 Å². The van der Waals surface area contributed by atoms with Crippen molar-refractivity contribution in [2.24, 2.45) is 0 Å². The van der Waals surface area contributed by atoms with Gasteiger partial charge in [0.2, 0.25) is 5.91 Å². The number of halogens is 1. The quantitative estimate of drug-likeness (QED) is 0.799. The highest BCUT2D eigenvalue weighted by Gasteiger charge is 2.04. The number of carbonyl (C=O) groups excluding carboxylic acids is 1. The smallest absolute Gasteiger partial charge is 0.230 e. The third-order valence-corrected chi connectivity index (χ3v) is 3.47. The van der Waals surface area contributed by atoms with Crippen molar-refractivity contribution in [3.63, 3.8) is 0 Å². The van der Waals surface area contributed by atoms with Gasteiger partial charge in [-0.05, 0) is 24.1 Å². The van der Waals surface area contributed by atoms with Gasteiger partial charge in [0.25, 0.3) is 0 Å². The number of rotatable bonds is 6. The van der Waals surface area contributed by atoms with Crippen molar-refractivity contribution in [1.82, 2.24) is 20.5 Å². The van der Waals surface area contributed by atoms with Crippen molar-refractivity contribution in [2.45, 2.75) is 11.6 Å². The maximum atomic E-state index is 11.6. The van der Waals surface area contributed by atoms with Crippen LogP contribution in [0.25, 0.3) is 0 Å². The number of aromatic amines is 1. The normalized spacial score (nSPS) is 10.4. The highest BCUT2D eigenvalue weighted by Crippen LogP contribution is 2.11. The number of aromatic nitrogens is 3. The molecular formula is C12H13ClN4OS. The lowest BCUT2D eigenvalue weighted by atomic mass is 10.1. The molecule has 0 fully saturated rings. The first kappa shape index (κ1) is 13.9. The number of H-pyrrole nitrogens is 1. The molecule has 0 bridgehead atoms. The highest BCUT2D eigenvalue weighted by molar-refractivity contribution is 7.99. The number of carbonyl (C=O) groups is 1. The van der Waals surface area contributed by atoms with E-state index in [1.165, 1.54) is 18.1 Å². The van der Waals surface area contributed by atoms with Gasteiger partial charge < -0.3 is 5.32 Å². The Morgan fingerprint density at radius 2 is 2.37 bits per heavy atom. The average Bonchev–Trinajstić information content (AvgIpc) is 2.89. The molecule has 0 atom stereocenters. The minimum atomic E-state index is -0.0246. The van der Waals surface area contributed by atoms with Crippen LogP contribution in [0.2, 0.25) is 5.02 Å². The summed E-state index contributed by atoms with van der Waals surface area (Å²) >= 11 is 7.21. The molecule has 0 aliphatic carbocycles. The third kappa shape index (κ3) is 4.92. The Bertz CT molecular complexity index is 532. The summed E-state index contributed by atoms with van der Waals surface area (Å²) in [5, 5.41) is 10.6. The summed E-state index contributed by atoms with van der Waals surface area (Å²) in [5.74, 6) is 0.300. The number of hydrogen-bond donors (Lipinski definition) is 2. The van der Waals surface area contributed by atoms with E-state index in [1.807, 2.05) is 24.3 Å². The average molecular weight is 297 g/mol. The van der Waals surface area contributed by atoms with E-state index in [0.29, 0.717) is 22.5 Å². The molecule has 100 valence electrons. The molecule has 2 aromatic rings. The minimum absolute atomic E-state index is 0.0246. The van der Waals surface area contributed by atoms with Crippen LogP contribution in [0.15, 0.2) is 35.7 Å². The molecule has 0 unspecified atom stereocenters. The van der Waals surface area contributed by atoms with E-state index in [1.54, 1.807) is 0 Å². The Morgan fingerprint density at radius 3 is 3.11 bits per heavy atom. The summed E-state index contributed by atoms with van der Waals surface area (Å²) in [4.78, 5) is 15.5. The van der Waals surface area contributed by atoms with Gasteiger partial charge in [0.1, 0.15) is 6.33 Å². The number of benzene rings is 1. The first-order valence-corrected chi connectivity index (χ1v) is 7.10. The number of hydrogen-bond acceptors (Lipinski definition) is 4. The lowest BCUT2D eigenvalue weighted by Gasteiger charge is -2.04. The molecule has 5 nitrogen and oxygen atoms in total. The van der Waals surface area contributed by atoms with Crippen LogP contribution in [0, 0.1) is 0 Å². The number of amides is 1. The van der Waals surface area contributed by atoms with Crippen LogP contribution in [-0.2, 0) is 11.2 Å². The third-order valence-electron chi connectivity index (χ3n) is 2.36.